The van der Waals surface area contributed by atoms with E-state index < -0.39 is 5.60 Å². The molecule has 1 saturated heterocycles. The van der Waals surface area contributed by atoms with E-state index in [-0.39, 0.29) is 12.3 Å². The van der Waals surface area contributed by atoms with Crippen molar-refractivity contribution in [3.05, 3.63) is 35.9 Å². The van der Waals surface area contributed by atoms with Gasteiger partial charge in [0.05, 0.1) is 12.0 Å². The lowest BCUT2D eigenvalue weighted by Gasteiger charge is -2.36. The van der Waals surface area contributed by atoms with Gasteiger partial charge in [0, 0.05) is 23.6 Å². The van der Waals surface area contributed by atoms with Crippen LogP contribution in [0.2, 0.25) is 0 Å². The van der Waals surface area contributed by atoms with Crippen LogP contribution in [0.5, 0.6) is 0 Å². The quantitative estimate of drug-likeness (QED) is 0.931. The molecule has 1 aliphatic heterocycles. The lowest BCUT2D eigenvalue weighted by Crippen LogP contribution is -2.46. The molecule has 1 fully saturated rings. The predicted molar refractivity (Wildman–Crippen MR) is 83.7 cm³/mol. The predicted octanol–water partition coefficient (Wildman–Crippen LogP) is 2.64. The molecule has 1 aliphatic rings. The summed E-state index contributed by atoms with van der Waals surface area (Å²) in [5.74, 6) is 0.0397. The second-order valence-corrected chi connectivity index (χ2v) is 7.75. The monoisotopic (exact) mass is 293 g/mol. The number of nitrogens with zero attached hydrogens (tertiary/aromatic N) is 1. The molecule has 1 aromatic rings. The van der Waals surface area contributed by atoms with Crippen molar-refractivity contribution < 1.29 is 9.90 Å². The maximum atomic E-state index is 12.4. The number of carbonyl (C=O) groups is 1. The fourth-order valence-electron chi connectivity index (χ4n) is 2.69. The van der Waals surface area contributed by atoms with Crippen LogP contribution in [0, 0.1) is 0 Å². The highest BCUT2D eigenvalue weighted by Gasteiger charge is 2.32. The van der Waals surface area contributed by atoms with Crippen LogP contribution in [0.4, 0.5) is 0 Å². The minimum Gasteiger partial charge on any atom is -0.385 e. The van der Waals surface area contributed by atoms with E-state index in [2.05, 4.69) is 13.8 Å². The first-order chi connectivity index (χ1) is 9.38. The summed E-state index contributed by atoms with van der Waals surface area (Å²) in [6.07, 6.45) is 0.140. The van der Waals surface area contributed by atoms with Gasteiger partial charge in [-0.3, -0.25) is 4.79 Å². The SMILES string of the molecule is C[C@@H]1CN(C(=O)C[C@@](C)(O)c2ccccc2)C[C@H](C)S1. The Morgan fingerprint density at radius 2 is 1.85 bits per heavy atom. The van der Waals surface area contributed by atoms with E-state index in [4.69, 9.17) is 0 Å². The molecule has 1 amide bonds. The summed E-state index contributed by atoms with van der Waals surface area (Å²) < 4.78 is 0. The molecule has 20 heavy (non-hydrogen) atoms. The van der Waals surface area contributed by atoms with Crippen LogP contribution in [0.25, 0.3) is 0 Å². The Balaban J connectivity index is 2.03. The van der Waals surface area contributed by atoms with Gasteiger partial charge in [-0.25, -0.2) is 0 Å². The fourth-order valence-corrected chi connectivity index (χ4v) is 4.01. The average molecular weight is 293 g/mol. The van der Waals surface area contributed by atoms with Crippen molar-refractivity contribution >= 4 is 17.7 Å². The highest BCUT2D eigenvalue weighted by atomic mass is 32.2. The van der Waals surface area contributed by atoms with E-state index in [1.165, 1.54) is 0 Å². The topological polar surface area (TPSA) is 40.5 Å². The molecule has 110 valence electrons. The molecule has 4 heteroatoms. The molecule has 0 aliphatic carbocycles. The summed E-state index contributed by atoms with van der Waals surface area (Å²) in [5.41, 5.74) is -0.309. The minimum absolute atomic E-state index is 0.0397. The van der Waals surface area contributed by atoms with E-state index in [1.54, 1.807) is 6.92 Å². The second-order valence-electron chi connectivity index (χ2n) is 5.87. The molecular formula is C16H23NO2S. The number of thioether (sulfide) groups is 1. The zero-order valence-electron chi connectivity index (χ0n) is 12.4. The minimum atomic E-state index is -1.10. The molecule has 0 radical (unpaired) electrons. The average Bonchev–Trinajstić information content (AvgIpc) is 2.38. The van der Waals surface area contributed by atoms with Crippen LogP contribution in [0.3, 0.4) is 0 Å². The molecule has 1 heterocycles. The second kappa shape index (κ2) is 6.19. The molecule has 0 saturated carbocycles. The summed E-state index contributed by atoms with van der Waals surface area (Å²) in [7, 11) is 0. The lowest BCUT2D eigenvalue weighted by molar-refractivity contribution is -0.136. The Morgan fingerprint density at radius 1 is 1.30 bits per heavy atom. The number of hydrogen-bond donors (Lipinski definition) is 1. The van der Waals surface area contributed by atoms with Crippen molar-refractivity contribution in [2.75, 3.05) is 13.1 Å². The summed E-state index contributed by atoms with van der Waals surface area (Å²) in [6.45, 7) is 7.56. The highest BCUT2D eigenvalue weighted by Crippen LogP contribution is 2.28. The molecule has 1 N–H and O–H groups in total. The number of aliphatic hydroxyl groups is 1. The Bertz CT molecular complexity index is 451. The summed E-state index contributed by atoms with van der Waals surface area (Å²) >= 11 is 1.92. The standard InChI is InChI=1S/C16H23NO2S/c1-12-10-17(11-13(2)20-12)15(18)9-16(3,19)14-7-5-4-6-8-14/h4-8,12-13,19H,9-11H2,1-3H3/t12-,13+,16-/m1/s1. The van der Waals surface area contributed by atoms with Crippen molar-refractivity contribution in [2.45, 2.75) is 43.3 Å². The fraction of sp³-hybridized carbons (Fsp3) is 0.562. The van der Waals surface area contributed by atoms with E-state index in [9.17, 15) is 9.90 Å². The van der Waals surface area contributed by atoms with Crippen molar-refractivity contribution in [1.82, 2.24) is 4.90 Å². The smallest absolute Gasteiger partial charge is 0.225 e. The van der Waals surface area contributed by atoms with Crippen LogP contribution in [0.15, 0.2) is 30.3 Å². The van der Waals surface area contributed by atoms with E-state index in [0.717, 1.165) is 18.7 Å². The Hall–Kier alpha value is -1.00. The van der Waals surface area contributed by atoms with Crippen molar-refractivity contribution in [2.24, 2.45) is 0 Å². The van der Waals surface area contributed by atoms with Gasteiger partial charge < -0.3 is 10.0 Å². The Labute approximate surface area is 125 Å². The molecule has 0 spiro atoms. The molecule has 0 unspecified atom stereocenters. The van der Waals surface area contributed by atoms with Crippen molar-refractivity contribution in [3.8, 4) is 0 Å². The molecule has 0 aromatic heterocycles. The summed E-state index contributed by atoms with van der Waals surface area (Å²) in [5, 5.41) is 11.5. The lowest BCUT2D eigenvalue weighted by atomic mass is 9.92. The number of amides is 1. The van der Waals surface area contributed by atoms with Gasteiger partial charge in [0.25, 0.3) is 0 Å². The third-order valence-corrected chi connectivity index (χ3v) is 4.89. The molecule has 0 bridgehead atoms. The zero-order chi connectivity index (χ0) is 14.8. The molecule has 3 nitrogen and oxygen atoms in total. The molecule has 3 atom stereocenters. The van der Waals surface area contributed by atoms with Crippen LogP contribution >= 0.6 is 11.8 Å². The van der Waals surface area contributed by atoms with Crippen molar-refractivity contribution in [1.29, 1.82) is 0 Å². The summed E-state index contributed by atoms with van der Waals surface area (Å²) in [4.78, 5) is 14.3. The van der Waals surface area contributed by atoms with Gasteiger partial charge in [-0.2, -0.15) is 11.8 Å². The van der Waals surface area contributed by atoms with Gasteiger partial charge in [-0.1, -0.05) is 44.2 Å². The molecular weight excluding hydrogens is 270 g/mol. The third kappa shape index (κ3) is 3.76. The van der Waals surface area contributed by atoms with E-state index in [1.807, 2.05) is 47.0 Å². The number of benzene rings is 1. The van der Waals surface area contributed by atoms with Crippen molar-refractivity contribution in [3.63, 3.8) is 0 Å². The van der Waals surface area contributed by atoms with Crippen LogP contribution in [-0.4, -0.2) is 39.5 Å². The highest BCUT2D eigenvalue weighted by molar-refractivity contribution is 8.00. The van der Waals surface area contributed by atoms with Crippen LogP contribution < -0.4 is 0 Å². The number of hydrogen-bond acceptors (Lipinski definition) is 3. The van der Waals surface area contributed by atoms with Gasteiger partial charge in [0.15, 0.2) is 0 Å². The third-order valence-electron chi connectivity index (χ3n) is 3.66. The summed E-state index contributed by atoms with van der Waals surface area (Å²) in [6, 6.07) is 9.41. The number of rotatable bonds is 3. The number of carbonyl (C=O) groups excluding carboxylic acids is 1. The normalized spacial score (nSPS) is 26.1. The zero-order valence-corrected chi connectivity index (χ0v) is 13.2. The first-order valence-electron chi connectivity index (χ1n) is 7.09. The van der Waals surface area contributed by atoms with E-state index in [0.29, 0.717) is 10.5 Å². The largest absolute Gasteiger partial charge is 0.385 e. The van der Waals surface area contributed by atoms with Crippen LogP contribution in [0.1, 0.15) is 32.8 Å². The maximum Gasteiger partial charge on any atom is 0.225 e. The van der Waals surface area contributed by atoms with Crippen LogP contribution in [-0.2, 0) is 10.4 Å². The molecule has 1 aromatic carbocycles. The van der Waals surface area contributed by atoms with Gasteiger partial charge in [0.1, 0.15) is 0 Å². The first kappa shape index (κ1) is 15.4. The Kier molecular flexibility index (Phi) is 4.76. The first-order valence-corrected chi connectivity index (χ1v) is 8.04. The maximum absolute atomic E-state index is 12.4. The van der Waals surface area contributed by atoms with Gasteiger partial charge in [-0.15, -0.1) is 0 Å². The van der Waals surface area contributed by atoms with Gasteiger partial charge >= 0.3 is 0 Å². The molecule has 2 rings (SSSR count). The van der Waals surface area contributed by atoms with Gasteiger partial charge in [-0.05, 0) is 12.5 Å². The Morgan fingerprint density at radius 3 is 2.40 bits per heavy atom. The van der Waals surface area contributed by atoms with E-state index >= 15 is 0 Å². The van der Waals surface area contributed by atoms with Gasteiger partial charge in [0.2, 0.25) is 5.91 Å².